The first-order chi connectivity index (χ1) is 13.3. The fraction of sp³-hybridized carbons (Fsp3) is 0.421. The second kappa shape index (κ2) is 6.65. The zero-order valence-corrected chi connectivity index (χ0v) is 14.9. The van der Waals surface area contributed by atoms with Gasteiger partial charge in [0.25, 0.3) is 0 Å². The molecule has 2 atom stereocenters. The molecule has 2 N–H and O–H groups in total. The first-order valence-corrected chi connectivity index (χ1v) is 9.00. The highest BCUT2D eigenvalue weighted by Crippen LogP contribution is 2.60. The second-order valence-electron chi connectivity index (χ2n) is 7.38. The molecule has 2 aliphatic rings. The Bertz CT molecular complexity index is 890. The van der Waals surface area contributed by atoms with Crippen LogP contribution in [-0.2, 0) is 22.6 Å². The maximum atomic E-state index is 13.3. The van der Waals surface area contributed by atoms with E-state index in [4.69, 9.17) is 0 Å². The molecule has 1 saturated heterocycles. The number of amides is 2. The number of halogens is 3. The van der Waals surface area contributed by atoms with Gasteiger partial charge in [0.05, 0.1) is 17.4 Å². The lowest BCUT2D eigenvalue weighted by Gasteiger charge is -2.35. The maximum absolute atomic E-state index is 13.3. The van der Waals surface area contributed by atoms with Crippen molar-refractivity contribution in [3.63, 3.8) is 0 Å². The van der Waals surface area contributed by atoms with Gasteiger partial charge in [0.1, 0.15) is 12.1 Å². The number of hydrogen-bond donors (Lipinski definition) is 2. The number of carbonyl (C=O) groups excluding carboxylic acids is 2. The summed E-state index contributed by atoms with van der Waals surface area (Å²) in [5.41, 5.74) is -0.471. The van der Waals surface area contributed by atoms with Gasteiger partial charge in [0, 0.05) is 19.2 Å². The number of imidazole rings is 1. The zero-order valence-electron chi connectivity index (χ0n) is 14.9. The Balaban J connectivity index is 1.40. The van der Waals surface area contributed by atoms with Crippen LogP contribution in [0.5, 0.6) is 0 Å². The predicted molar refractivity (Wildman–Crippen MR) is 93.1 cm³/mol. The van der Waals surface area contributed by atoms with E-state index < -0.39 is 35.5 Å². The minimum Gasteiger partial charge on any atom is -0.342 e. The standard InChI is InChI=1S/C19H19F3N4O2/c20-19(21,22)18(6-7-18)15-17(28)24-14(16(27)25-15)8-13-10-26(11-23-13)9-12-4-2-1-3-5-12/h1-5,10-11,14-15H,6-9H2,(H,24,28)(H,25,27)/t14-,15?/m0/s1. The summed E-state index contributed by atoms with van der Waals surface area (Å²) < 4.78 is 41.6. The van der Waals surface area contributed by atoms with E-state index >= 15 is 0 Å². The van der Waals surface area contributed by atoms with Crippen molar-refractivity contribution in [2.45, 2.75) is 44.1 Å². The Hall–Kier alpha value is -2.84. The summed E-state index contributed by atoms with van der Waals surface area (Å²) in [6, 6.07) is 7.23. The monoisotopic (exact) mass is 392 g/mol. The summed E-state index contributed by atoms with van der Waals surface area (Å²) >= 11 is 0. The average molecular weight is 392 g/mol. The van der Waals surface area contributed by atoms with Crippen molar-refractivity contribution in [3.05, 3.63) is 54.1 Å². The Morgan fingerprint density at radius 3 is 2.46 bits per heavy atom. The lowest BCUT2D eigenvalue weighted by molar-refractivity contribution is -0.199. The number of aromatic nitrogens is 2. The smallest absolute Gasteiger partial charge is 0.342 e. The largest absolute Gasteiger partial charge is 0.396 e. The van der Waals surface area contributed by atoms with E-state index in [0.29, 0.717) is 12.2 Å². The Morgan fingerprint density at radius 1 is 1.11 bits per heavy atom. The molecule has 0 radical (unpaired) electrons. The molecule has 1 unspecified atom stereocenters. The molecule has 1 aromatic heterocycles. The molecule has 1 aliphatic heterocycles. The summed E-state index contributed by atoms with van der Waals surface area (Å²) in [7, 11) is 0. The third-order valence-corrected chi connectivity index (χ3v) is 5.40. The van der Waals surface area contributed by atoms with Crippen LogP contribution in [0.4, 0.5) is 13.2 Å². The van der Waals surface area contributed by atoms with E-state index in [-0.39, 0.29) is 19.3 Å². The Morgan fingerprint density at radius 2 is 1.82 bits per heavy atom. The van der Waals surface area contributed by atoms with E-state index in [9.17, 15) is 22.8 Å². The predicted octanol–water partition coefficient (Wildman–Crippen LogP) is 1.80. The van der Waals surface area contributed by atoms with Crippen molar-refractivity contribution in [1.82, 2.24) is 20.2 Å². The fourth-order valence-electron chi connectivity index (χ4n) is 3.63. The number of rotatable bonds is 5. The number of carbonyl (C=O) groups is 2. The molecule has 0 spiro atoms. The van der Waals surface area contributed by atoms with Crippen LogP contribution in [0.25, 0.3) is 0 Å². The zero-order chi connectivity index (χ0) is 19.9. The van der Waals surface area contributed by atoms with Gasteiger partial charge in [-0.25, -0.2) is 4.98 Å². The van der Waals surface area contributed by atoms with Crippen LogP contribution in [0, 0.1) is 5.41 Å². The number of nitrogens with zero attached hydrogens (tertiary/aromatic N) is 2. The summed E-state index contributed by atoms with van der Waals surface area (Å²) in [6.45, 7) is 0.604. The van der Waals surface area contributed by atoms with Crippen LogP contribution in [-0.4, -0.2) is 39.6 Å². The minimum atomic E-state index is -4.52. The van der Waals surface area contributed by atoms with Crippen molar-refractivity contribution in [2.75, 3.05) is 0 Å². The van der Waals surface area contributed by atoms with Gasteiger partial charge in [-0.05, 0) is 18.4 Å². The minimum absolute atomic E-state index is 0.116. The third kappa shape index (κ3) is 3.36. The highest BCUT2D eigenvalue weighted by molar-refractivity contribution is 5.98. The number of nitrogens with one attached hydrogen (secondary N) is 2. The lowest BCUT2D eigenvalue weighted by Crippen LogP contribution is -2.66. The molecule has 4 rings (SSSR count). The molecule has 2 fully saturated rings. The average Bonchev–Trinajstić information content (AvgIpc) is 3.35. The topological polar surface area (TPSA) is 76.0 Å². The molecule has 2 heterocycles. The van der Waals surface area contributed by atoms with Crippen molar-refractivity contribution < 1.29 is 22.8 Å². The van der Waals surface area contributed by atoms with Crippen molar-refractivity contribution in [3.8, 4) is 0 Å². The van der Waals surface area contributed by atoms with Gasteiger partial charge in [-0.1, -0.05) is 30.3 Å². The van der Waals surface area contributed by atoms with Gasteiger partial charge in [0.15, 0.2) is 0 Å². The molecule has 6 nitrogen and oxygen atoms in total. The molecule has 1 aliphatic carbocycles. The molecular weight excluding hydrogens is 373 g/mol. The first-order valence-electron chi connectivity index (χ1n) is 9.00. The van der Waals surface area contributed by atoms with Crippen LogP contribution in [0.15, 0.2) is 42.9 Å². The highest BCUT2D eigenvalue weighted by atomic mass is 19.4. The SMILES string of the molecule is O=C1N[C@@H](Cc2cn(Cc3ccccc3)cn2)C(=O)NC1C1(C(F)(F)F)CC1. The van der Waals surface area contributed by atoms with E-state index in [2.05, 4.69) is 15.6 Å². The quantitative estimate of drug-likeness (QED) is 0.815. The number of alkyl halides is 3. The van der Waals surface area contributed by atoms with Gasteiger partial charge < -0.3 is 15.2 Å². The Labute approximate surface area is 159 Å². The number of piperazine rings is 1. The van der Waals surface area contributed by atoms with Gasteiger partial charge in [-0.3, -0.25) is 9.59 Å². The van der Waals surface area contributed by atoms with Crippen LogP contribution in [0.2, 0.25) is 0 Å². The summed E-state index contributed by atoms with van der Waals surface area (Å²) in [4.78, 5) is 28.8. The maximum Gasteiger partial charge on any atom is 0.396 e. The Kier molecular flexibility index (Phi) is 4.40. The van der Waals surface area contributed by atoms with Crippen LogP contribution >= 0.6 is 0 Å². The van der Waals surface area contributed by atoms with Crippen LogP contribution in [0.1, 0.15) is 24.1 Å². The molecule has 28 heavy (non-hydrogen) atoms. The molecular formula is C19H19F3N4O2. The van der Waals surface area contributed by atoms with E-state index in [1.54, 1.807) is 12.5 Å². The van der Waals surface area contributed by atoms with Crippen molar-refractivity contribution in [1.29, 1.82) is 0 Å². The molecule has 1 saturated carbocycles. The van der Waals surface area contributed by atoms with Crippen LogP contribution < -0.4 is 10.6 Å². The molecule has 148 valence electrons. The van der Waals surface area contributed by atoms with Gasteiger partial charge in [-0.15, -0.1) is 0 Å². The normalized spacial score (nSPS) is 23.8. The summed E-state index contributed by atoms with van der Waals surface area (Å²) in [6.07, 6.45) is -1.32. The second-order valence-corrected chi connectivity index (χ2v) is 7.38. The first kappa shape index (κ1) is 18.5. The third-order valence-electron chi connectivity index (χ3n) is 5.40. The van der Waals surface area contributed by atoms with Crippen molar-refractivity contribution in [2.24, 2.45) is 5.41 Å². The lowest BCUT2D eigenvalue weighted by atomic mass is 9.91. The summed E-state index contributed by atoms with van der Waals surface area (Å²) in [5, 5.41) is 4.73. The highest BCUT2D eigenvalue weighted by Gasteiger charge is 2.70. The van der Waals surface area contributed by atoms with Gasteiger partial charge in [0.2, 0.25) is 11.8 Å². The van der Waals surface area contributed by atoms with Crippen LogP contribution in [0.3, 0.4) is 0 Å². The number of benzene rings is 1. The van der Waals surface area contributed by atoms with E-state index in [1.807, 2.05) is 34.9 Å². The molecule has 1 aromatic carbocycles. The van der Waals surface area contributed by atoms with E-state index in [0.717, 1.165) is 5.56 Å². The van der Waals surface area contributed by atoms with Gasteiger partial charge in [-0.2, -0.15) is 13.2 Å². The molecule has 9 heteroatoms. The summed E-state index contributed by atoms with van der Waals surface area (Å²) in [5.74, 6) is -1.40. The molecule has 2 aromatic rings. The fourth-order valence-corrected chi connectivity index (χ4v) is 3.63. The van der Waals surface area contributed by atoms with Crippen molar-refractivity contribution >= 4 is 11.8 Å². The molecule has 2 amide bonds. The van der Waals surface area contributed by atoms with E-state index in [1.165, 1.54) is 0 Å². The molecule has 0 bridgehead atoms. The van der Waals surface area contributed by atoms with Gasteiger partial charge >= 0.3 is 6.18 Å². The number of hydrogen-bond acceptors (Lipinski definition) is 3.